The highest BCUT2D eigenvalue weighted by atomic mass is 28.4. The van der Waals surface area contributed by atoms with Crippen molar-refractivity contribution in [2.45, 2.75) is 136 Å². The number of carbonyl (C=O) groups is 1. The zero-order valence-electron chi connectivity index (χ0n) is 25.7. The average Bonchev–Trinajstić information content (AvgIpc) is 2.75. The van der Waals surface area contributed by atoms with Crippen molar-refractivity contribution in [2.75, 3.05) is 11.4 Å². The SMILES string of the molecule is CC(C)CN(c1ccc([C@H](C)CC(=O)OC(C)(C)C)cc1[N+](=O)[O-])C1CCC(O[Si](C)(C)C(C)(C)C)CC1. The van der Waals surface area contributed by atoms with Crippen LogP contribution < -0.4 is 4.90 Å². The highest BCUT2D eigenvalue weighted by Gasteiger charge is 2.40. The lowest BCUT2D eigenvalue weighted by Crippen LogP contribution is -2.47. The average molecular weight is 549 g/mol. The summed E-state index contributed by atoms with van der Waals surface area (Å²) in [5.74, 6) is -0.115. The van der Waals surface area contributed by atoms with Crippen molar-refractivity contribution in [3.8, 4) is 0 Å². The minimum absolute atomic E-state index is 0.110. The number of ether oxygens (including phenoxy) is 1. The summed E-state index contributed by atoms with van der Waals surface area (Å²) in [5.41, 5.74) is 1.01. The Balaban J connectivity index is 2.25. The molecule has 1 aliphatic carbocycles. The fraction of sp³-hybridized carbons (Fsp3) is 0.767. The van der Waals surface area contributed by atoms with Gasteiger partial charge in [-0.2, -0.15) is 0 Å². The zero-order chi connectivity index (χ0) is 29.1. The van der Waals surface area contributed by atoms with E-state index in [2.05, 4.69) is 52.6 Å². The summed E-state index contributed by atoms with van der Waals surface area (Å²) in [7, 11) is -1.83. The van der Waals surface area contributed by atoms with E-state index < -0.39 is 13.9 Å². The number of hydrogen-bond acceptors (Lipinski definition) is 6. The molecule has 0 N–H and O–H groups in total. The van der Waals surface area contributed by atoms with Crippen LogP contribution in [0.1, 0.15) is 106 Å². The predicted octanol–water partition coefficient (Wildman–Crippen LogP) is 8.23. The van der Waals surface area contributed by atoms with Gasteiger partial charge in [0.1, 0.15) is 11.3 Å². The van der Waals surface area contributed by atoms with Gasteiger partial charge in [-0.15, -0.1) is 0 Å². The molecule has 0 saturated heterocycles. The molecule has 1 fully saturated rings. The van der Waals surface area contributed by atoms with Crippen molar-refractivity contribution >= 4 is 25.7 Å². The van der Waals surface area contributed by atoms with Crippen LogP contribution in [0.3, 0.4) is 0 Å². The number of carbonyl (C=O) groups excluding carboxylic acids is 1. The molecule has 1 aromatic rings. The van der Waals surface area contributed by atoms with Crippen LogP contribution in [0.5, 0.6) is 0 Å². The van der Waals surface area contributed by atoms with Gasteiger partial charge in [0, 0.05) is 24.8 Å². The van der Waals surface area contributed by atoms with Crippen LogP contribution in [-0.2, 0) is 14.0 Å². The van der Waals surface area contributed by atoms with Gasteiger partial charge in [0.2, 0.25) is 0 Å². The third kappa shape index (κ3) is 9.08. The van der Waals surface area contributed by atoms with Crippen molar-refractivity contribution in [2.24, 2.45) is 5.92 Å². The van der Waals surface area contributed by atoms with E-state index in [1.165, 1.54) is 0 Å². The number of nitro benzene ring substituents is 1. The molecule has 7 nitrogen and oxygen atoms in total. The first-order valence-corrected chi connectivity index (χ1v) is 17.2. The van der Waals surface area contributed by atoms with Crippen LogP contribution in [0.15, 0.2) is 18.2 Å². The van der Waals surface area contributed by atoms with Crippen LogP contribution in [-0.4, -0.2) is 43.5 Å². The summed E-state index contributed by atoms with van der Waals surface area (Å²) >= 11 is 0. The van der Waals surface area contributed by atoms with Gasteiger partial charge in [0.05, 0.1) is 11.3 Å². The second kappa shape index (κ2) is 12.5. The molecule has 1 atom stereocenters. The lowest BCUT2D eigenvalue weighted by Gasteiger charge is -2.43. The highest BCUT2D eigenvalue weighted by Crippen LogP contribution is 2.41. The molecule has 8 heteroatoms. The van der Waals surface area contributed by atoms with Gasteiger partial charge in [-0.3, -0.25) is 14.9 Å². The number of nitrogens with zero attached hydrogens (tertiary/aromatic N) is 2. The molecule has 2 rings (SSSR count). The molecule has 216 valence electrons. The first kappa shape index (κ1) is 32.3. The second-order valence-corrected chi connectivity index (χ2v) is 18.8. The molecular weight excluding hydrogens is 496 g/mol. The fourth-order valence-corrected chi connectivity index (χ4v) is 6.32. The summed E-state index contributed by atoms with van der Waals surface area (Å²) in [5, 5.41) is 12.4. The normalized spacial score (nSPS) is 19.8. The van der Waals surface area contributed by atoms with Crippen LogP contribution >= 0.6 is 0 Å². The molecule has 38 heavy (non-hydrogen) atoms. The summed E-state index contributed by atoms with van der Waals surface area (Å²) in [6.07, 6.45) is 4.32. The van der Waals surface area contributed by atoms with Gasteiger partial charge in [-0.05, 0) is 88.1 Å². The van der Waals surface area contributed by atoms with Crippen molar-refractivity contribution < 1.29 is 18.9 Å². The Morgan fingerprint density at radius 1 is 1.08 bits per heavy atom. The predicted molar refractivity (Wildman–Crippen MR) is 158 cm³/mol. The van der Waals surface area contributed by atoms with E-state index in [1.54, 1.807) is 6.07 Å². The molecule has 0 bridgehead atoms. The van der Waals surface area contributed by atoms with Gasteiger partial charge < -0.3 is 14.1 Å². The quantitative estimate of drug-likeness (QED) is 0.127. The maximum atomic E-state index is 12.4. The van der Waals surface area contributed by atoms with Crippen LogP contribution in [0.2, 0.25) is 18.1 Å². The van der Waals surface area contributed by atoms with E-state index in [-0.39, 0.29) is 46.1 Å². The molecule has 0 unspecified atom stereocenters. The number of nitro groups is 1. The standard InChI is InChI=1S/C30H52N2O5Si/c1-21(2)20-31(24-13-15-25(16-14-24)37-38(10,11)30(7,8)9)26-17-12-23(19-27(26)32(34)35)22(3)18-28(33)36-29(4,5)6/h12,17,19,21-22,24-25H,13-16,18,20H2,1-11H3/t22-,24?,25?/m1/s1. The first-order valence-electron chi connectivity index (χ1n) is 14.3. The van der Waals surface area contributed by atoms with E-state index >= 15 is 0 Å². The van der Waals surface area contributed by atoms with E-state index in [9.17, 15) is 14.9 Å². The second-order valence-electron chi connectivity index (χ2n) is 14.1. The summed E-state index contributed by atoms with van der Waals surface area (Å²) in [6, 6.07) is 5.72. The molecule has 0 amide bonds. The lowest BCUT2D eigenvalue weighted by molar-refractivity contribution is -0.384. The topological polar surface area (TPSA) is 81.9 Å². The Bertz CT molecular complexity index is 956. The van der Waals surface area contributed by atoms with Crippen LogP contribution in [0.25, 0.3) is 0 Å². The van der Waals surface area contributed by atoms with Crippen molar-refractivity contribution in [3.05, 3.63) is 33.9 Å². The summed E-state index contributed by atoms with van der Waals surface area (Å²) in [4.78, 5) is 26.6. The molecular formula is C30H52N2O5Si. The van der Waals surface area contributed by atoms with E-state index in [0.29, 0.717) is 11.6 Å². The maximum absolute atomic E-state index is 12.4. The van der Waals surface area contributed by atoms with Crippen LogP contribution in [0, 0.1) is 16.0 Å². The highest BCUT2D eigenvalue weighted by molar-refractivity contribution is 6.74. The number of benzene rings is 1. The molecule has 1 aromatic carbocycles. The number of rotatable bonds is 10. The molecule has 1 saturated carbocycles. The Hall–Kier alpha value is -1.93. The fourth-order valence-electron chi connectivity index (χ4n) is 4.89. The Morgan fingerprint density at radius 2 is 1.66 bits per heavy atom. The lowest BCUT2D eigenvalue weighted by atomic mass is 9.90. The zero-order valence-corrected chi connectivity index (χ0v) is 26.7. The molecule has 0 aliphatic heterocycles. The Labute approximate surface area is 231 Å². The number of esters is 1. The minimum Gasteiger partial charge on any atom is -0.460 e. The van der Waals surface area contributed by atoms with Gasteiger partial charge in [0.25, 0.3) is 5.69 Å². The maximum Gasteiger partial charge on any atom is 0.306 e. The van der Waals surface area contributed by atoms with Crippen molar-refractivity contribution in [3.63, 3.8) is 0 Å². The summed E-state index contributed by atoms with van der Waals surface area (Å²) < 4.78 is 12.2. The monoisotopic (exact) mass is 548 g/mol. The van der Waals surface area contributed by atoms with Crippen molar-refractivity contribution in [1.82, 2.24) is 0 Å². The molecule has 1 aliphatic rings. The van der Waals surface area contributed by atoms with Gasteiger partial charge >= 0.3 is 5.97 Å². The molecule has 0 aromatic heterocycles. The first-order chi connectivity index (χ1) is 17.3. The van der Waals surface area contributed by atoms with E-state index in [4.69, 9.17) is 9.16 Å². The third-order valence-electron chi connectivity index (χ3n) is 7.88. The molecule has 0 radical (unpaired) electrons. The Kier molecular flexibility index (Phi) is 10.6. The smallest absolute Gasteiger partial charge is 0.306 e. The summed E-state index contributed by atoms with van der Waals surface area (Å²) in [6.45, 7) is 23.9. The van der Waals surface area contributed by atoms with Crippen LogP contribution in [0.4, 0.5) is 11.4 Å². The van der Waals surface area contributed by atoms with Gasteiger partial charge in [0.15, 0.2) is 8.32 Å². The Morgan fingerprint density at radius 3 is 2.13 bits per heavy atom. The van der Waals surface area contributed by atoms with Gasteiger partial charge in [-0.1, -0.05) is 47.6 Å². The van der Waals surface area contributed by atoms with Gasteiger partial charge in [-0.25, -0.2) is 0 Å². The number of hydrogen-bond donors (Lipinski definition) is 0. The number of anilines is 1. The molecule has 0 heterocycles. The largest absolute Gasteiger partial charge is 0.460 e. The van der Waals surface area contributed by atoms with E-state index in [1.807, 2.05) is 39.8 Å². The molecule has 0 spiro atoms. The van der Waals surface area contributed by atoms with Crippen molar-refractivity contribution in [1.29, 1.82) is 0 Å². The van der Waals surface area contributed by atoms with E-state index in [0.717, 1.165) is 37.8 Å². The minimum atomic E-state index is -1.83. The third-order valence-corrected chi connectivity index (χ3v) is 12.4.